The number of benzene rings is 1. The van der Waals surface area contributed by atoms with Gasteiger partial charge in [-0.1, -0.05) is 0 Å². The molecule has 0 aliphatic carbocycles. The van der Waals surface area contributed by atoms with Gasteiger partial charge in [-0.2, -0.15) is 5.26 Å². The average molecular weight is 246 g/mol. The van der Waals surface area contributed by atoms with Crippen LogP contribution in [-0.4, -0.2) is 32.2 Å². The number of rotatable bonds is 4. The predicted octanol–water partition coefficient (Wildman–Crippen LogP) is 2.36. The first-order chi connectivity index (χ1) is 8.80. The van der Waals surface area contributed by atoms with Crippen molar-refractivity contribution in [3.05, 3.63) is 23.8 Å². The monoisotopic (exact) mass is 246 g/mol. The van der Waals surface area contributed by atoms with E-state index in [1.165, 1.54) is 0 Å². The van der Waals surface area contributed by atoms with E-state index in [2.05, 4.69) is 11.0 Å². The molecule has 2 rings (SSSR count). The van der Waals surface area contributed by atoms with Crippen LogP contribution in [0, 0.1) is 11.3 Å². The van der Waals surface area contributed by atoms with Crippen molar-refractivity contribution < 1.29 is 9.47 Å². The molecule has 0 bridgehead atoms. The Kier molecular flexibility index (Phi) is 4.06. The summed E-state index contributed by atoms with van der Waals surface area (Å²) in [7, 11) is 3.26. The molecule has 18 heavy (non-hydrogen) atoms. The van der Waals surface area contributed by atoms with Crippen LogP contribution in [-0.2, 0) is 0 Å². The molecule has 1 aliphatic rings. The number of hydrogen-bond acceptors (Lipinski definition) is 4. The summed E-state index contributed by atoms with van der Waals surface area (Å²) in [6, 6.07) is 7.72. The molecule has 0 spiro atoms. The molecular weight excluding hydrogens is 228 g/mol. The summed E-state index contributed by atoms with van der Waals surface area (Å²) < 4.78 is 10.6. The fraction of sp³-hybridized carbons (Fsp3) is 0.500. The maximum atomic E-state index is 9.44. The van der Waals surface area contributed by atoms with Crippen LogP contribution in [0.2, 0.25) is 0 Å². The fourth-order valence-electron chi connectivity index (χ4n) is 2.40. The molecule has 0 radical (unpaired) electrons. The van der Waals surface area contributed by atoms with Crippen molar-refractivity contribution in [3.63, 3.8) is 0 Å². The SMILES string of the molecule is COc1ccc(OC)c(C(C#N)N2CCCC2)c1. The zero-order chi connectivity index (χ0) is 13.0. The van der Waals surface area contributed by atoms with E-state index >= 15 is 0 Å². The van der Waals surface area contributed by atoms with E-state index in [9.17, 15) is 5.26 Å². The highest BCUT2D eigenvalue weighted by Crippen LogP contribution is 2.33. The molecule has 0 saturated carbocycles. The van der Waals surface area contributed by atoms with E-state index in [1.54, 1.807) is 14.2 Å². The second-order valence-corrected chi connectivity index (χ2v) is 4.38. The average Bonchev–Trinajstić information content (AvgIpc) is 2.93. The largest absolute Gasteiger partial charge is 0.497 e. The summed E-state index contributed by atoms with van der Waals surface area (Å²) in [6.45, 7) is 1.94. The number of ether oxygens (including phenoxy) is 2. The van der Waals surface area contributed by atoms with Gasteiger partial charge in [0, 0.05) is 5.56 Å². The van der Waals surface area contributed by atoms with Gasteiger partial charge in [-0.15, -0.1) is 0 Å². The van der Waals surface area contributed by atoms with E-state index in [-0.39, 0.29) is 6.04 Å². The van der Waals surface area contributed by atoms with E-state index in [0.717, 1.165) is 43.0 Å². The van der Waals surface area contributed by atoms with E-state index in [0.29, 0.717) is 0 Å². The molecule has 1 fully saturated rings. The van der Waals surface area contributed by atoms with Crippen LogP contribution in [0.5, 0.6) is 11.5 Å². The maximum Gasteiger partial charge on any atom is 0.127 e. The Bertz CT molecular complexity index is 448. The van der Waals surface area contributed by atoms with Crippen molar-refractivity contribution in [2.24, 2.45) is 0 Å². The minimum Gasteiger partial charge on any atom is -0.497 e. The standard InChI is InChI=1S/C14H18N2O2/c1-17-11-5-6-14(18-2)12(9-11)13(10-15)16-7-3-4-8-16/h5-6,9,13H,3-4,7-8H2,1-2H3. The summed E-state index contributed by atoms with van der Waals surface area (Å²) in [5.74, 6) is 1.50. The first-order valence-corrected chi connectivity index (χ1v) is 6.15. The number of methoxy groups -OCH3 is 2. The summed E-state index contributed by atoms with van der Waals surface area (Å²) in [5.41, 5.74) is 0.890. The Morgan fingerprint density at radius 3 is 2.50 bits per heavy atom. The van der Waals surface area contributed by atoms with Gasteiger partial charge in [-0.25, -0.2) is 0 Å². The molecule has 1 aliphatic heterocycles. The van der Waals surface area contributed by atoms with Crippen molar-refractivity contribution in [1.29, 1.82) is 5.26 Å². The minimum atomic E-state index is -0.252. The Labute approximate surface area is 108 Å². The summed E-state index contributed by atoms with van der Waals surface area (Å²) in [6.07, 6.45) is 2.31. The van der Waals surface area contributed by atoms with Gasteiger partial charge in [0.2, 0.25) is 0 Å². The second-order valence-electron chi connectivity index (χ2n) is 4.38. The van der Waals surface area contributed by atoms with Gasteiger partial charge in [0.15, 0.2) is 0 Å². The molecule has 1 saturated heterocycles. The lowest BCUT2D eigenvalue weighted by Crippen LogP contribution is -2.24. The Balaban J connectivity index is 2.36. The minimum absolute atomic E-state index is 0.252. The zero-order valence-corrected chi connectivity index (χ0v) is 10.8. The normalized spacial score (nSPS) is 17.2. The molecule has 4 nitrogen and oxygen atoms in total. The molecule has 1 unspecified atom stereocenters. The van der Waals surface area contributed by atoms with Gasteiger partial charge in [0.25, 0.3) is 0 Å². The molecule has 4 heteroatoms. The zero-order valence-electron chi connectivity index (χ0n) is 10.8. The van der Waals surface area contributed by atoms with Crippen LogP contribution in [0.3, 0.4) is 0 Å². The van der Waals surface area contributed by atoms with Crippen LogP contribution in [0.15, 0.2) is 18.2 Å². The molecule has 0 aromatic heterocycles. The highest BCUT2D eigenvalue weighted by atomic mass is 16.5. The predicted molar refractivity (Wildman–Crippen MR) is 68.7 cm³/mol. The number of hydrogen-bond donors (Lipinski definition) is 0. The van der Waals surface area contributed by atoms with Crippen molar-refractivity contribution in [1.82, 2.24) is 4.90 Å². The Morgan fingerprint density at radius 2 is 1.94 bits per heavy atom. The lowest BCUT2D eigenvalue weighted by molar-refractivity contribution is 0.285. The third-order valence-electron chi connectivity index (χ3n) is 3.36. The smallest absolute Gasteiger partial charge is 0.127 e. The van der Waals surface area contributed by atoms with E-state index in [1.807, 2.05) is 18.2 Å². The molecule has 96 valence electrons. The number of nitriles is 1. The van der Waals surface area contributed by atoms with Crippen LogP contribution < -0.4 is 9.47 Å². The first kappa shape index (κ1) is 12.7. The third-order valence-corrected chi connectivity index (χ3v) is 3.36. The van der Waals surface area contributed by atoms with Gasteiger partial charge >= 0.3 is 0 Å². The van der Waals surface area contributed by atoms with Crippen molar-refractivity contribution in [2.75, 3.05) is 27.3 Å². The van der Waals surface area contributed by atoms with E-state index < -0.39 is 0 Å². The number of likely N-dealkylation sites (tertiary alicyclic amines) is 1. The Morgan fingerprint density at radius 1 is 1.22 bits per heavy atom. The first-order valence-electron chi connectivity index (χ1n) is 6.15. The van der Waals surface area contributed by atoms with Crippen LogP contribution in [0.4, 0.5) is 0 Å². The maximum absolute atomic E-state index is 9.44. The van der Waals surface area contributed by atoms with Crippen molar-refractivity contribution in [3.8, 4) is 17.6 Å². The fourth-order valence-corrected chi connectivity index (χ4v) is 2.40. The summed E-state index contributed by atoms with van der Waals surface area (Å²) in [5, 5.41) is 9.44. The topological polar surface area (TPSA) is 45.5 Å². The highest BCUT2D eigenvalue weighted by Gasteiger charge is 2.26. The lowest BCUT2D eigenvalue weighted by atomic mass is 10.1. The molecule has 1 heterocycles. The van der Waals surface area contributed by atoms with Gasteiger partial charge in [-0.05, 0) is 44.1 Å². The second kappa shape index (κ2) is 5.74. The third kappa shape index (κ3) is 2.41. The van der Waals surface area contributed by atoms with Crippen LogP contribution in [0.1, 0.15) is 24.4 Å². The molecular formula is C14H18N2O2. The van der Waals surface area contributed by atoms with Gasteiger partial charge in [0.1, 0.15) is 17.5 Å². The van der Waals surface area contributed by atoms with Crippen LogP contribution >= 0.6 is 0 Å². The van der Waals surface area contributed by atoms with Gasteiger partial charge < -0.3 is 9.47 Å². The Hall–Kier alpha value is -1.73. The number of nitrogens with zero attached hydrogens (tertiary/aromatic N) is 2. The van der Waals surface area contributed by atoms with Gasteiger partial charge in [0.05, 0.1) is 20.3 Å². The van der Waals surface area contributed by atoms with Crippen molar-refractivity contribution >= 4 is 0 Å². The van der Waals surface area contributed by atoms with E-state index in [4.69, 9.17) is 9.47 Å². The van der Waals surface area contributed by atoms with Gasteiger partial charge in [-0.3, -0.25) is 4.90 Å². The highest BCUT2D eigenvalue weighted by molar-refractivity contribution is 5.44. The molecule has 1 aromatic rings. The summed E-state index contributed by atoms with van der Waals surface area (Å²) in [4.78, 5) is 2.19. The van der Waals surface area contributed by atoms with Crippen molar-refractivity contribution in [2.45, 2.75) is 18.9 Å². The summed E-state index contributed by atoms with van der Waals surface area (Å²) >= 11 is 0. The molecule has 1 aromatic carbocycles. The molecule has 0 N–H and O–H groups in total. The van der Waals surface area contributed by atoms with Crippen LogP contribution in [0.25, 0.3) is 0 Å². The lowest BCUT2D eigenvalue weighted by Gasteiger charge is -2.23. The quantitative estimate of drug-likeness (QED) is 0.818. The molecule has 0 amide bonds. The molecule has 1 atom stereocenters.